The molecule has 2 aliphatic rings. The number of amides is 4. The highest BCUT2D eigenvalue weighted by Crippen LogP contribution is 2.35. The molecule has 1 aromatic carbocycles. The average Bonchev–Trinajstić information content (AvgIpc) is 3.47. The summed E-state index contributed by atoms with van der Waals surface area (Å²) in [6.45, 7) is 8.22. The highest BCUT2D eigenvalue weighted by Gasteiger charge is 2.48. The molecule has 11 nitrogen and oxygen atoms in total. The number of nitrogens with zero attached hydrogens (tertiary/aromatic N) is 6. The number of hydrogen-bond donors (Lipinski definition) is 0. The van der Waals surface area contributed by atoms with Crippen molar-refractivity contribution in [1.29, 1.82) is 0 Å². The van der Waals surface area contributed by atoms with Crippen molar-refractivity contribution in [2.24, 2.45) is 0 Å². The number of likely N-dealkylation sites (N-methyl/N-ethyl adjacent to an activating group) is 1. The SMILES string of the molecule is Cc1cc(C(F)(F)F)cc(N2C(=O)N(C(=O)OC(C)(C)C)CC2C(=O)N(C)c2ccc3c(C)nn(C4CCCCO4)c3c2)n1. The summed E-state index contributed by atoms with van der Waals surface area (Å²) in [4.78, 5) is 47.7. The molecular weight excluding hydrogens is 581 g/mol. The molecule has 2 aliphatic heterocycles. The molecule has 0 radical (unpaired) electrons. The Balaban J connectivity index is 1.53. The summed E-state index contributed by atoms with van der Waals surface area (Å²) in [5, 5.41) is 5.55. The lowest BCUT2D eigenvalue weighted by atomic mass is 10.1. The first-order chi connectivity index (χ1) is 20.5. The minimum atomic E-state index is -4.73. The van der Waals surface area contributed by atoms with Crippen LogP contribution in [-0.4, -0.2) is 69.5 Å². The Morgan fingerprint density at radius 1 is 1.09 bits per heavy atom. The van der Waals surface area contributed by atoms with E-state index in [9.17, 15) is 27.6 Å². The number of anilines is 2. The lowest BCUT2D eigenvalue weighted by Gasteiger charge is -2.27. The lowest BCUT2D eigenvalue weighted by molar-refractivity contribution is -0.137. The number of urea groups is 1. The Kier molecular flexibility index (Phi) is 8.08. The minimum Gasteiger partial charge on any atom is -0.443 e. The fourth-order valence-corrected chi connectivity index (χ4v) is 5.43. The summed E-state index contributed by atoms with van der Waals surface area (Å²) in [6, 6.07) is 4.47. The average molecular weight is 617 g/mol. The van der Waals surface area contributed by atoms with Gasteiger partial charge in [-0.1, -0.05) is 0 Å². The predicted molar refractivity (Wildman–Crippen MR) is 155 cm³/mol. The molecule has 2 saturated heterocycles. The summed E-state index contributed by atoms with van der Waals surface area (Å²) in [6.07, 6.45) is -3.26. The number of imide groups is 1. The third kappa shape index (κ3) is 6.07. The number of ether oxygens (including phenoxy) is 2. The number of hydrogen-bond acceptors (Lipinski definition) is 7. The van der Waals surface area contributed by atoms with E-state index in [4.69, 9.17) is 9.47 Å². The van der Waals surface area contributed by atoms with Gasteiger partial charge in [-0.15, -0.1) is 0 Å². The van der Waals surface area contributed by atoms with Crippen LogP contribution in [-0.2, 0) is 20.4 Å². The van der Waals surface area contributed by atoms with Crippen LogP contribution in [0.2, 0.25) is 0 Å². The first kappa shape index (κ1) is 31.2. The van der Waals surface area contributed by atoms with Gasteiger partial charge in [0.1, 0.15) is 17.5 Å². The molecule has 44 heavy (non-hydrogen) atoms. The minimum absolute atomic E-state index is 0.0167. The molecule has 3 aromatic rings. The van der Waals surface area contributed by atoms with Crippen LogP contribution in [0, 0.1) is 13.8 Å². The number of aryl methyl sites for hydroxylation is 2. The molecule has 236 valence electrons. The largest absolute Gasteiger partial charge is 0.443 e. The van der Waals surface area contributed by atoms with Gasteiger partial charge in [0.15, 0.2) is 6.23 Å². The van der Waals surface area contributed by atoms with Crippen LogP contribution in [0.5, 0.6) is 0 Å². The zero-order valence-electron chi connectivity index (χ0n) is 25.4. The van der Waals surface area contributed by atoms with E-state index in [1.807, 2.05) is 13.0 Å². The van der Waals surface area contributed by atoms with Gasteiger partial charge in [0, 0.05) is 30.4 Å². The van der Waals surface area contributed by atoms with Crippen LogP contribution >= 0.6 is 0 Å². The van der Waals surface area contributed by atoms with Gasteiger partial charge in [-0.05, 0) is 84.2 Å². The Morgan fingerprint density at radius 3 is 2.45 bits per heavy atom. The molecule has 14 heteroatoms. The predicted octanol–water partition coefficient (Wildman–Crippen LogP) is 5.97. The van der Waals surface area contributed by atoms with E-state index in [2.05, 4.69) is 10.1 Å². The van der Waals surface area contributed by atoms with E-state index in [0.29, 0.717) is 23.3 Å². The van der Waals surface area contributed by atoms with Crippen LogP contribution in [0.3, 0.4) is 0 Å². The molecular formula is C30H35F3N6O5. The second-order valence-electron chi connectivity index (χ2n) is 12.1. The fraction of sp³-hybridized carbons (Fsp3) is 0.500. The van der Waals surface area contributed by atoms with Crippen molar-refractivity contribution in [2.45, 2.75) is 77.9 Å². The molecule has 5 rings (SSSR count). The highest BCUT2D eigenvalue weighted by molar-refractivity contribution is 6.11. The van der Waals surface area contributed by atoms with Crippen molar-refractivity contribution in [3.05, 3.63) is 47.3 Å². The normalized spacial score (nSPS) is 19.5. The number of carbonyl (C=O) groups excluding carboxylic acids is 3. The van der Waals surface area contributed by atoms with Crippen molar-refractivity contribution >= 4 is 40.4 Å². The number of pyridine rings is 1. The molecule has 2 aromatic heterocycles. The van der Waals surface area contributed by atoms with Crippen molar-refractivity contribution in [3.8, 4) is 0 Å². The van der Waals surface area contributed by atoms with E-state index in [1.54, 1.807) is 37.6 Å². The summed E-state index contributed by atoms with van der Waals surface area (Å²) in [5.74, 6) is -1.05. The topological polar surface area (TPSA) is 110 Å². The van der Waals surface area contributed by atoms with Crippen LogP contribution in [0.15, 0.2) is 30.3 Å². The van der Waals surface area contributed by atoms with Crippen LogP contribution < -0.4 is 9.80 Å². The molecule has 0 aliphatic carbocycles. The Hall–Kier alpha value is -4.20. The van der Waals surface area contributed by atoms with Crippen molar-refractivity contribution in [3.63, 3.8) is 0 Å². The molecule has 0 N–H and O–H groups in total. The van der Waals surface area contributed by atoms with Crippen molar-refractivity contribution in [1.82, 2.24) is 19.7 Å². The third-order valence-electron chi connectivity index (χ3n) is 7.54. The maximum absolute atomic E-state index is 14.1. The first-order valence-corrected chi connectivity index (χ1v) is 14.3. The number of benzene rings is 1. The third-order valence-corrected chi connectivity index (χ3v) is 7.54. The standard InChI is InChI=1S/C30H35F3N6O5/c1-17-13-19(30(31,32)33)14-24(34-17)38-23(16-37(27(38)41)28(42)44-29(3,4)5)26(40)36(6)20-10-11-21-18(2)35-39(22(21)15-20)25-9-7-8-12-43-25/h10-11,13-15,23,25H,7-9,12,16H2,1-6H3. The monoisotopic (exact) mass is 616 g/mol. The van der Waals surface area contributed by atoms with Crippen molar-refractivity contribution in [2.75, 3.05) is 30.0 Å². The number of halogens is 3. The molecule has 2 atom stereocenters. The molecule has 4 amide bonds. The zero-order chi connectivity index (χ0) is 32.1. The van der Waals surface area contributed by atoms with E-state index >= 15 is 0 Å². The fourth-order valence-electron chi connectivity index (χ4n) is 5.43. The van der Waals surface area contributed by atoms with Gasteiger partial charge in [0.05, 0.1) is 23.3 Å². The number of fused-ring (bicyclic) bond motifs is 1. The van der Waals surface area contributed by atoms with Gasteiger partial charge in [0.25, 0.3) is 5.91 Å². The summed E-state index contributed by atoms with van der Waals surface area (Å²) in [7, 11) is 1.50. The molecule has 2 fully saturated rings. The Labute approximate surface area is 252 Å². The van der Waals surface area contributed by atoms with Gasteiger partial charge in [-0.3, -0.25) is 9.69 Å². The first-order valence-electron chi connectivity index (χ1n) is 14.3. The quantitative estimate of drug-likeness (QED) is 0.355. The van der Waals surface area contributed by atoms with Gasteiger partial charge in [-0.25, -0.2) is 24.2 Å². The van der Waals surface area contributed by atoms with Gasteiger partial charge >= 0.3 is 18.3 Å². The lowest BCUT2D eigenvalue weighted by Crippen LogP contribution is -2.47. The number of alkyl halides is 3. The zero-order valence-corrected chi connectivity index (χ0v) is 25.4. The van der Waals surface area contributed by atoms with E-state index in [1.165, 1.54) is 18.9 Å². The highest BCUT2D eigenvalue weighted by atomic mass is 19.4. The van der Waals surface area contributed by atoms with Crippen LogP contribution in [0.25, 0.3) is 10.9 Å². The van der Waals surface area contributed by atoms with Crippen LogP contribution in [0.1, 0.15) is 63.2 Å². The Bertz CT molecular complexity index is 1610. The number of carbonyl (C=O) groups is 3. The maximum atomic E-state index is 14.1. The maximum Gasteiger partial charge on any atom is 0.418 e. The summed E-state index contributed by atoms with van der Waals surface area (Å²) < 4.78 is 54.3. The second-order valence-corrected chi connectivity index (χ2v) is 12.1. The molecule has 0 saturated carbocycles. The molecule has 0 spiro atoms. The molecule has 2 unspecified atom stereocenters. The summed E-state index contributed by atoms with van der Waals surface area (Å²) >= 11 is 0. The molecule has 4 heterocycles. The summed E-state index contributed by atoms with van der Waals surface area (Å²) in [5.41, 5.74) is -0.0301. The van der Waals surface area contributed by atoms with Gasteiger partial charge < -0.3 is 14.4 Å². The Morgan fingerprint density at radius 2 is 1.82 bits per heavy atom. The van der Waals surface area contributed by atoms with E-state index in [0.717, 1.165) is 46.8 Å². The van der Waals surface area contributed by atoms with E-state index < -0.39 is 53.8 Å². The number of aromatic nitrogens is 3. The smallest absolute Gasteiger partial charge is 0.418 e. The van der Waals surface area contributed by atoms with Crippen LogP contribution in [0.4, 0.5) is 34.3 Å². The molecule has 0 bridgehead atoms. The van der Waals surface area contributed by atoms with Gasteiger partial charge in [0.2, 0.25) is 0 Å². The van der Waals surface area contributed by atoms with Crippen molar-refractivity contribution < 1.29 is 37.0 Å². The number of rotatable bonds is 4. The second kappa shape index (κ2) is 11.4. The van der Waals surface area contributed by atoms with Gasteiger partial charge in [-0.2, -0.15) is 18.3 Å². The van der Waals surface area contributed by atoms with E-state index in [-0.39, 0.29) is 11.9 Å².